The van der Waals surface area contributed by atoms with Crippen LogP contribution in [0.2, 0.25) is 0 Å². The molecule has 0 spiro atoms. The smallest absolute Gasteiger partial charge is 0.251 e. The number of nitrogens with zero attached hydrogens (tertiary/aromatic N) is 2. The minimum Gasteiger partial charge on any atom is -0.349 e. The largest absolute Gasteiger partial charge is 0.349 e. The van der Waals surface area contributed by atoms with Gasteiger partial charge in [0.15, 0.2) is 0 Å². The maximum absolute atomic E-state index is 12.9. The summed E-state index contributed by atoms with van der Waals surface area (Å²) in [6.45, 7) is 0.462. The van der Waals surface area contributed by atoms with Gasteiger partial charge in [0.05, 0.1) is 0 Å². The van der Waals surface area contributed by atoms with Crippen molar-refractivity contribution in [3.05, 3.63) is 66.0 Å². The number of piperazine rings is 1. The number of rotatable bonds is 4. The number of hydrogen-bond donors (Lipinski definition) is 2. The lowest BCUT2D eigenvalue weighted by atomic mass is 9.91. The average molecular weight is 378 g/mol. The number of fused-ring (bicyclic) bond motifs is 1. The summed E-state index contributed by atoms with van der Waals surface area (Å²) in [6, 6.07) is 11.8. The quantitative estimate of drug-likeness (QED) is 0.827. The normalized spacial score (nSPS) is 24.3. The van der Waals surface area contributed by atoms with Crippen LogP contribution in [-0.4, -0.2) is 52.3 Å². The van der Waals surface area contributed by atoms with Gasteiger partial charge in [-0.2, -0.15) is 0 Å². The number of aromatic nitrogens is 1. The molecule has 3 atom stereocenters. The lowest BCUT2D eigenvalue weighted by molar-refractivity contribution is -0.151. The number of nitrogens with one attached hydrogen (secondary N) is 2. The van der Waals surface area contributed by atoms with Gasteiger partial charge in [-0.05, 0) is 30.5 Å². The van der Waals surface area contributed by atoms with Crippen LogP contribution in [0.5, 0.6) is 0 Å². The molecule has 7 nitrogen and oxygen atoms in total. The van der Waals surface area contributed by atoms with E-state index in [9.17, 15) is 14.4 Å². The van der Waals surface area contributed by atoms with E-state index >= 15 is 0 Å². The van der Waals surface area contributed by atoms with Gasteiger partial charge >= 0.3 is 0 Å². The number of benzene rings is 1. The van der Waals surface area contributed by atoms with Crippen LogP contribution in [0.1, 0.15) is 28.8 Å². The Morgan fingerprint density at radius 3 is 2.64 bits per heavy atom. The average Bonchev–Trinajstić information content (AvgIpc) is 2.73. The molecule has 0 radical (unpaired) electrons. The molecule has 3 unspecified atom stereocenters. The highest BCUT2D eigenvalue weighted by atomic mass is 16.2. The van der Waals surface area contributed by atoms with Gasteiger partial charge < -0.3 is 15.5 Å². The molecule has 2 aliphatic rings. The van der Waals surface area contributed by atoms with Crippen LogP contribution in [0, 0.1) is 0 Å². The molecule has 2 aromatic rings. The molecule has 1 aromatic heterocycles. The van der Waals surface area contributed by atoms with Crippen molar-refractivity contribution >= 4 is 17.7 Å². The predicted octanol–water partition coefficient (Wildman–Crippen LogP) is 0.912. The molecule has 28 heavy (non-hydrogen) atoms. The van der Waals surface area contributed by atoms with Crippen LogP contribution in [-0.2, 0) is 16.0 Å². The fourth-order valence-corrected chi connectivity index (χ4v) is 3.90. The molecule has 2 fully saturated rings. The lowest BCUT2D eigenvalue weighted by Gasteiger charge is -2.44. The number of carbonyl (C=O) groups is 3. The van der Waals surface area contributed by atoms with Crippen molar-refractivity contribution in [1.82, 2.24) is 20.5 Å². The monoisotopic (exact) mass is 378 g/mol. The van der Waals surface area contributed by atoms with E-state index in [1.54, 1.807) is 29.4 Å². The zero-order valence-electron chi connectivity index (χ0n) is 15.4. The van der Waals surface area contributed by atoms with Gasteiger partial charge in [0.2, 0.25) is 11.8 Å². The molecule has 2 N–H and O–H groups in total. The van der Waals surface area contributed by atoms with Crippen molar-refractivity contribution in [2.75, 3.05) is 6.54 Å². The van der Waals surface area contributed by atoms with E-state index in [4.69, 9.17) is 0 Å². The van der Waals surface area contributed by atoms with Gasteiger partial charge in [0.25, 0.3) is 5.91 Å². The highest BCUT2D eigenvalue weighted by Gasteiger charge is 2.43. The highest BCUT2D eigenvalue weighted by molar-refractivity contribution is 5.98. The van der Waals surface area contributed by atoms with E-state index in [0.29, 0.717) is 31.4 Å². The zero-order valence-corrected chi connectivity index (χ0v) is 15.4. The first-order chi connectivity index (χ1) is 13.6. The van der Waals surface area contributed by atoms with E-state index in [0.717, 1.165) is 5.56 Å². The maximum Gasteiger partial charge on any atom is 0.251 e. The topological polar surface area (TPSA) is 91.4 Å². The first-order valence-corrected chi connectivity index (χ1v) is 9.47. The molecule has 3 heterocycles. The number of hydrogen-bond acceptors (Lipinski definition) is 4. The summed E-state index contributed by atoms with van der Waals surface area (Å²) in [7, 11) is 0. The Hall–Kier alpha value is -3.22. The summed E-state index contributed by atoms with van der Waals surface area (Å²) < 4.78 is 0. The van der Waals surface area contributed by atoms with Crippen molar-refractivity contribution in [3.63, 3.8) is 0 Å². The van der Waals surface area contributed by atoms with Gasteiger partial charge in [-0.3, -0.25) is 19.4 Å². The summed E-state index contributed by atoms with van der Waals surface area (Å²) in [6.07, 6.45) is 4.67. The number of carbonyl (C=O) groups excluding carboxylic acids is 3. The molecule has 0 saturated carbocycles. The molecule has 3 amide bonds. The van der Waals surface area contributed by atoms with Crippen LogP contribution >= 0.6 is 0 Å². The third-order valence-corrected chi connectivity index (χ3v) is 5.36. The Morgan fingerprint density at radius 1 is 1.14 bits per heavy atom. The van der Waals surface area contributed by atoms with E-state index in [2.05, 4.69) is 15.6 Å². The third kappa shape index (κ3) is 3.74. The second-order valence-corrected chi connectivity index (χ2v) is 7.23. The summed E-state index contributed by atoms with van der Waals surface area (Å²) in [5.41, 5.74) is 1.55. The molecule has 1 aromatic carbocycles. The van der Waals surface area contributed by atoms with Crippen LogP contribution in [0.4, 0.5) is 0 Å². The molecule has 0 bridgehead atoms. The Kier molecular flexibility index (Phi) is 5.06. The Morgan fingerprint density at radius 2 is 1.89 bits per heavy atom. The molecule has 2 aliphatic heterocycles. The fourth-order valence-electron chi connectivity index (χ4n) is 3.90. The predicted molar refractivity (Wildman–Crippen MR) is 102 cm³/mol. The molecular weight excluding hydrogens is 356 g/mol. The highest BCUT2D eigenvalue weighted by Crippen LogP contribution is 2.23. The van der Waals surface area contributed by atoms with Crippen molar-refractivity contribution in [1.29, 1.82) is 0 Å². The number of piperidine rings is 1. The SMILES string of the molecule is O=C(NC1CCN2C(=O)C(Cc3ccccc3)NC(=O)C2C1)c1ccncc1. The van der Waals surface area contributed by atoms with E-state index in [-0.39, 0.29) is 23.8 Å². The van der Waals surface area contributed by atoms with Gasteiger partial charge in [-0.1, -0.05) is 30.3 Å². The molecule has 2 saturated heterocycles. The van der Waals surface area contributed by atoms with E-state index in [1.807, 2.05) is 30.3 Å². The van der Waals surface area contributed by atoms with Crippen molar-refractivity contribution < 1.29 is 14.4 Å². The zero-order chi connectivity index (χ0) is 19.5. The summed E-state index contributed by atoms with van der Waals surface area (Å²) in [5.74, 6) is -0.388. The molecule has 0 aliphatic carbocycles. The first-order valence-electron chi connectivity index (χ1n) is 9.47. The number of pyridine rings is 1. The van der Waals surface area contributed by atoms with Crippen molar-refractivity contribution in [3.8, 4) is 0 Å². The standard InChI is InChI=1S/C21H22N4O3/c26-19(15-6-9-22-10-7-15)23-16-8-11-25-18(13-16)20(27)24-17(21(25)28)12-14-4-2-1-3-5-14/h1-7,9-10,16-18H,8,11-13H2,(H,23,26)(H,24,27). The lowest BCUT2D eigenvalue weighted by Crippen LogP contribution is -2.67. The second-order valence-electron chi connectivity index (χ2n) is 7.23. The molecule has 4 rings (SSSR count). The van der Waals surface area contributed by atoms with Crippen LogP contribution in [0.3, 0.4) is 0 Å². The Balaban J connectivity index is 1.40. The van der Waals surface area contributed by atoms with E-state index < -0.39 is 12.1 Å². The Bertz CT molecular complexity index is 872. The van der Waals surface area contributed by atoms with Crippen molar-refractivity contribution in [2.45, 2.75) is 37.4 Å². The molecule has 144 valence electrons. The van der Waals surface area contributed by atoms with Crippen LogP contribution in [0.15, 0.2) is 54.9 Å². The van der Waals surface area contributed by atoms with Gasteiger partial charge in [-0.15, -0.1) is 0 Å². The van der Waals surface area contributed by atoms with Crippen LogP contribution in [0.25, 0.3) is 0 Å². The first kappa shape index (κ1) is 18.2. The van der Waals surface area contributed by atoms with Gasteiger partial charge in [0, 0.05) is 37.0 Å². The summed E-state index contributed by atoms with van der Waals surface area (Å²) in [4.78, 5) is 43.5. The minimum absolute atomic E-state index is 0.0487. The molecular formula is C21H22N4O3. The minimum atomic E-state index is -0.533. The molecule has 7 heteroatoms. The number of amides is 3. The van der Waals surface area contributed by atoms with Crippen molar-refractivity contribution in [2.24, 2.45) is 0 Å². The third-order valence-electron chi connectivity index (χ3n) is 5.36. The second kappa shape index (κ2) is 7.80. The van der Waals surface area contributed by atoms with Crippen LogP contribution < -0.4 is 10.6 Å². The Labute approximate surface area is 163 Å². The van der Waals surface area contributed by atoms with Gasteiger partial charge in [0.1, 0.15) is 12.1 Å². The maximum atomic E-state index is 12.9. The summed E-state index contributed by atoms with van der Waals surface area (Å²) >= 11 is 0. The van der Waals surface area contributed by atoms with Gasteiger partial charge in [-0.25, -0.2) is 0 Å². The summed E-state index contributed by atoms with van der Waals surface area (Å²) in [5, 5.41) is 5.84. The fraction of sp³-hybridized carbons (Fsp3) is 0.333. The van der Waals surface area contributed by atoms with E-state index in [1.165, 1.54) is 0 Å².